The first-order chi connectivity index (χ1) is 9.61. The Kier molecular flexibility index (Phi) is 4.49. The standard InChI is InChI=1S/C12H16N4O4/c1-13-10-8-9(2-3-11(10)16(18)19)12(17)14-15-4-6-20-7-5-15/h2-3,8,13H,4-7H2,1H3,(H,14,17). The summed E-state index contributed by atoms with van der Waals surface area (Å²) in [6.07, 6.45) is 0. The molecule has 1 aliphatic rings. The van der Waals surface area contributed by atoms with Gasteiger partial charge in [-0.2, -0.15) is 0 Å². The molecule has 2 rings (SSSR count). The second-order valence-corrected chi connectivity index (χ2v) is 4.28. The topological polar surface area (TPSA) is 96.7 Å². The van der Waals surface area contributed by atoms with Crippen LogP contribution < -0.4 is 10.7 Å². The number of nitrogens with one attached hydrogen (secondary N) is 2. The van der Waals surface area contributed by atoms with Gasteiger partial charge in [0.1, 0.15) is 5.69 Å². The number of carbonyl (C=O) groups excluding carboxylic acids is 1. The Balaban J connectivity index is 2.11. The molecule has 0 radical (unpaired) electrons. The maximum Gasteiger partial charge on any atom is 0.292 e. The van der Waals surface area contributed by atoms with E-state index in [-0.39, 0.29) is 11.6 Å². The Hall–Kier alpha value is -2.19. The van der Waals surface area contributed by atoms with E-state index < -0.39 is 4.92 Å². The van der Waals surface area contributed by atoms with Crippen molar-refractivity contribution < 1.29 is 14.5 Å². The number of benzene rings is 1. The van der Waals surface area contributed by atoms with Gasteiger partial charge >= 0.3 is 0 Å². The van der Waals surface area contributed by atoms with Gasteiger partial charge in [-0.25, -0.2) is 5.01 Å². The molecule has 8 heteroatoms. The fourth-order valence-corrected chi connectivity index (χ4v) is 1.92. The third kappa shape index (κ3) is 3.22. The van der Waals surface area contributed by atoms with Gasteiger partial charge in [0.25, 0.3) is 11.6 Å². The molecule has 0 unspecified atom stereocenters. The molecule has 1 heterocycles. The maximum atomic E-state index is 12.1. The summed E-state index contributed by atoms with van der Waals surface area (Å²) >= 11 is 0. The molecule has 1 aromatic rings. The minimum atomic E-state index is -0.491. The van der Waals surface area contributed by atoms with Crippen molar-refractivity contribution in [3.05, 3.63) is 33.9 Å². The number of carbonyl (C=O) groups is 1. The molecule has 0 aliphatic carbocycles. The van der Waals surface area contributed by atoms with Crippen molar-refractivity contribution in [2.75, 3.05) is 38.7 Å². The van der Waals surface area contributed by atoms with Crippen molar-refractivity contribution in [2.24, 2.45) is 0 Å². The highest BCUT2D eigenvalue weighted by molar-refractivity contribution is 5.95. The van der Waals surface area contributed by atoms with Crippen molar-refractivity contribution in [3.63, 3.8) is 0 Å². The first kappa shape index (κ1) is 14.2. The quantitative estimate of drug-likeness (QED) is 0.619. The van der Waals surface area contributed by atoms with Gasteiger partial charge in [-0.1, -0.05) is 0 Å². The highest BCUT2D eigenvalue weighted by atomic mass is 16.6. The number of rotatable bonds is 4. The molecule has 0 saturated carbocycles. The predicted molar refractivity (Wildman–Crippen MR) is 72.5 cm³/mol. The van der Waals surface area contributed by atoms with Gasteiger partial charge in [-0.3, -0.25) is 20.3 Å². The fraction of sp³-hybridized carbons (Fsp3) is 0.417. The molecule has 1 amide bonds. The Morgan fingerprint density at radius 1 is 1.40 bits per heavy atom. The smallest absolute Gasteiger partial charge is 0.292 e. The summed E-state index contributed by atoms with van der Waals surface area (Å²) in [5.74, 6) is -0.293. The zero-order chi connectivity index (χ0) is 14.5. The van der Waals surface area contributed by atoms with Crippen LogP contribution in [0.4, 0.5) is 11.4 Å². The Morgan fingerprint density at radius 3 is 2.70 bits per heavy atom. The zero-order valence-corrected chi connectivity index (χ0v) is 11.1. The molecule has 0 bridgehead atoms. The van der Waals surface area contributed by atoms with Gasteiger partial charge in [-0.05, 0) is 12.1 Å². The van der Waals surface area contributed by atoms with Gasteiger partial charge in [-0.15, -0.1) is 0 Å². The Morgan fingerprint density at radius 2 is 2.10 bits per heavy atom. The zero-order valence-electron chi connectivity index (χ0n) is 11.1. The van der Waals surface area contributed by atoms with Crippen molar-refractivity contribution in [3.8, 4) is 0 Å². The lowest BCUT2D eigenvalue weighted by Gasteiger charge is -2.26. The Bertz CT molecular complexity index is 514. The molecule has 1 aromatic carbocycles. The van der Waals surface area contributed by atoms with E-state index in [4.69, 9.17) is 4.74 Å². The van der Waals surface area contributed by atoms with Crippen LogP contribution in [0.25, 0.3) is 0 Å². The molecule has 0 atom stereocenters. The summed E-state index contributed by atoms with van der Waals surface area (Å²) in [5, 5.41) is 15.3. The minimum absolute atomic E-state index is 0.0598. The lowest BCUT2D eigenvalue weighted by molar-refractivity contribution is -0.383. The number of hydrogen-bond donors (Lipinski definition) is 2. The van der Waals surface area contributed by atoms with Crippen LogP contribution in [0.2, 0.25) is 0 Å². The number of hydrogen-bond acceptors (Lipinski definition) is 6. The number of anilines is 1. The number of nitrogens with zero attached hydrogens (tertiary/aromatic N) is 2. The summed E-state index contributed by atoms with van der Waals surface area (Å²) in [4.78, 5) is 22.4. The van der Waals surface area contributed by atoms with Crippen LogP contribution in [-0.2, 0) is 4.74 Å². The first-order valence-corrected chi connectivity index (χ1v) is 6.21. The molecule has 1 saturated heterocycles. The molecule has 1 fully saturated rings. The highest BCUT2D eigenvalue weighted by Crippen LogP contribution is 2.24. The summed E-state index contributed by atoms with van der Waals surface area (Å²) in [5.41, 5.74) is 3.37. The second kappa shape index (κ2) is 6.31. The van der Waals surface area contributed by atoms with Crippen LogP contribution in [0.1, 0.15) is 10.4 Å². The average Bonchev–Trinajstić information content (AvgIpc) is 2.47. The number of nitro groups is 1. The number of ether oxygens (including phenoxy) is 1. The van der Waals surface area contributed by atoms with E-state index in [1.54, 1.807) is 12.1 Å². The molecular formula is C12H16N4O4. The van der Waals surface area contributed by atoms with Gasteiger partial charge in [0.15, 0.2) is 0 Å². The maximum absolute atomic E-state index is 12.1. The van der Waals surface area contributed by atoms with Crippen LogP contribution in [0, 0.1) is 10.1 Å². The first-order valence-electron chi connectivity index (χ1n) is 6.21. The Labute approximate surface area is 115 Å². The van der Waals surface area contributed by atoms with Gasteiger partial charge < -0.3 is 10.1 Å². The van der Waals surface area contributed by atoms with Crippen LogP contribution in [-0.4, -0.2) is 49.2 Å². The summed E-state index contributed by atoms with van der Waals surface area (Å²) < 4.78 is 5.19. The van der Waals surface area contributed by atoms with E-state index in [0.717, 1.165) is 0 Å². The lowest BCUT2D eigenvalue weighted by Crippen LogP contribution is -2.48. The molecule has 2 N–H and O–H groups in total. The summed E-state index contributed by atoms with van der Waals surface area (Å²) in [6.45, 7) is 2.39. The number of hydrazine groups is 1. The van der Waals surface area contributed by atoms with Crippen LogP contribution in [0.5, 0.6) is 0 Å². The van der Waals surface area contributed by atoms with Gasteiger partial charge in [0, 0.05) is 31.8 Å². The van der Waals surface area contributed by atoms with Crippen LogP contribution >= 0.6 is 0 Å². The number of morpholine rings is 1. The third-order valence-electron chi connectivity index (χ3n) is 3.00. The van der Waals surface area contributed by atoms with Gasteiger partial charge in [0.05, 0.1) is 18.1 Å². The molecule has 1 aliphatic heterocycles. The van der Waals surface area contributed by atoms with Gasteiger partial charge in [0.2, 0.25) is 0 Å². The highest BCUT2D eigenvalue weighted by Gasteiger charge is 2.18. The number of amides is 1. The van der Waals surface area contributed by atoms with E-state index in [0.29, 0.717) is 37.6 Å². The second-order valence-electron chi connectivity index (χ2n) is 4.28. The SMILES string of the molecule is CNc1cc(C(=O)NN2CCOCC2)ccc1[N+](=O)[O-]. The lowest BCUT2D eigenvalue weighted by atomic mass is 10.1. The normalized spacial score (nSPS) is 15.7. The number of nitro benzene ring substituents is 1. The van der Waals surface area contributed by atoms with E-state index in [9.17, 15) is 14.9 Å². The molecule has 0 aromatic heterocycles. The summed E-state index contributed by atoms with van der Waals surface area (Å²) in [6, 6.07) is 4.22. The molecular weight excluding hydrogens is 264 g/mol. The van der Waals surface area contributed by atoms with E-state index >= 15 is 0 Å². The molecule has 108 valence electrons. The monoisotopic (exact) mass is 280 g/mol. The predicted octanol–water partition coefficient (Wildman–Crippen LogP) is 0.613. The van der Waals surface area contributed by atoms with E-state index in [2.05, 4.69) is 10.7 Å². The van der Waals surface area contributed by atoms with Crippen molar-refractivity contribution in [2.45, 2.75) is 0 Å². The average molecular weight is 280 g/mol. The minimum Gasteiger partial charge on any atom is -0.383 e. The van der Waals surface area contributed by atoms with Crippen LogP contribution in [0.15, 0.2) is 18.2 Å². The van der Waals surface area contributed by atoms with E-state index in [1.807, 2.05) is 0 Å². The van der Waals surface area contributed by atoms with Crippen molar-refractivity contribution in [1.82, 2.24) is 10.4 Å². The van der Waals surface area contributed by atoms with Crippen LogP contribution in [0.3, 0.4) is 0 Å². The summed E-state index contributed by atoms with van der Waals surface area (Å²) in [7, 11) is 1.58. The largest absolute Gasteiger partial charge is 0.383 e. The van der Waals surface area contributed by atoms with E-state index in [1.165, 1.54) is 18.2 Å². The fourth-order valence-electron chi connectivity index (χ4n) is 1.92. The van der Waals surface area contributed by atoms with Crippen molar-refractivity contribution in [1.29, 1.82) is 0 Å². The third-order valence-corrected chi connectivity index (χ3v) is 3.00. The molecule has 20 heavy (non-hydrogen) atoms. The van der Waals surface area contributed by atoms with Crippen molar-refractivity contribution >= 4 is 17.3 Å². The molecule has 0 spiro atoms. The molecule has 8 nitrogen and oxygen atoms in total.